The number of aliphatic imine (C=N–C) groups is 2. The normalized spacial score (nSPS) is 17.5. The van der Waals surface area contributed by atoms with Gasteiger partial charge in [-0.2, -0.15) is 0 Å². The van der Waals surface area contributed by atoms with E-state index < -0.39 is 11.3 Å². The summed E-state index contributed by atoms with van der Waals surface area (Å²) in [6, 6.07) is 15.6. The lowest BCUT2D eigenvalue weighted by molar-refractivity contribution is -0.128. The maximum atomic E-state index is 13.6. The van der Waals surface area contributed by atoms with E-state index in [1.807, 2.05) is 48.7 Å². The molecule has 204 valence electrons. The van der Waals surface area contributed by atoms with Crippen molar-refractivity contribution in [2.24, 2.45) is 9.98 Å². The fraction of sp³-hybridized carbons (Fsp3) is 0.250. The summed E-state index contributed by atoms with van der Waals surface area (Å²) in [7, 11) is 0. The number of anilines is 1. The largest absolute Gasteiger partial charge is 0.454 e. The van der Waals surface area contributed by atoms with Gasteiger partial charge >= 0.3 is 0 Å². The minimum Gasteiger partial charge on any atom is -0.454 e. The first-order valence-electron chi connectivity index (χ1n) is 12.8. The number of carbonyl (C=O) groups is 3. The van der Waals surface area contributed by atoms with E-state index in [0.717, 1.165) is 4.88 Å². The molecule has 0 fully saturated rings. The number of ether oxygens (including phenoxy) is 2. The maximum Gasteiger partial charge on any atom is 0.259 e. The summed E-state index contributed by atoms with van der Waals surface area (Å²) in [6.45, 7) is 2.45. The van der Waals surface area contributed by atoms with Crippen molar-refractivity contribution in [2.45, 2.75) is 37.6 Å². The van der Waals surface area contributed by atoms with Crippen LogP contribution in [0, 0.1) is 0 Å². The van der Waals surface area contributed by atoms with Crippen molar-refractivity contribution in [3.8, 4) is 11.5 Å². The predicted molar refractivity (Wildman–Crippen MR) is 154 cm³/mol. The highest BCUT2D eigenvalue weighted by Crippen LogP contribution is 2.37. The molecule has 40 heavy (non-hydrogen) atoms. The van der Waals surface area contributed by atoms with Gasteiger partial charge in [0, 0.05) is 22.2 Å². The van der Waals surface area contributed by atoms with E-state index in [-0.39, 0.29) is 30.9 Å². The second-order valence-corrected chi connectivity index (χ2v) is 11.4. The van der Waals surface area contributed by atoms with Gasteiger partial charge < -0.3 is 20.1 Å². The molecule has 1 aromatic heterocycles. The Bertz CT molecular complexity index is 1540. The van der Waals surface area contributed by atoms with Gasteiger partial charge in [-0.15, -0.1) is 11.3 Å². The first-order valence-corrected chi connectivity index (χ1v) is 14.5. The second-order valence-electron chi connectivity index (χ2n) is 9.19. The number of amides is 3. The van der Waals surface area contributed by atoms with Crippen LogP contribution in [0.15, 0.2) is 70.0 Å². The van der Waals surface area contributed by atoms with Crippen molar-refractivity contribution in [1.82, 2.24) is 10.2 Å². The third-order valence-electron chi connectivity index (χ3n) is 6.52. The highest BCUT2D eigenvalue weighted by atomic mass is 32.2. The van der Waals surface area contributed by atoms with Gasteiger partial charge in [-0.3, -0.25) is 19.4 Å². The summed E-state index contributed by atoms with van der Waals surface area (Å²) in [6.07, 6.45) is 0.414. The van der Waals surface area contributed by atoms with E-state index in [1.54, 1.807) is 29.5 Å². The molecule has 2 aromatic carbocycles. The molecule has 4 heterocycles. The zero-order valence-electron chi connectivity index (χ0n) is 21.5. The zero-order chi connectivity index (χ0) is 27.6. The Kier molecular flexibility index (Phi) is 7.27. The first kappa shape index (κ1) is 26.1. The van der Waals surface area contributed by atoms with Crippen LogP contribution >= 0.6 is 23.1 Å². The van der Waals surface area contributed by atoms with E-state index in [0.29, 0.717) is 52.4 Å². The molecule has 0 saturated heterocycles. The number of hydrogen-bond acceptors (Lipinski definition) is 9. The van der Waals surface area contributed by atoms with Gasteiger partial charge in [-0.1, -0.05) is 36.9 Å². The molecule has 0 aliphatic carbocycles. The van der Waals surface area contributed by atoms with Crippen LogP contribution in [0.3, 0.4) is 0 Å². The van der Waals surface area contributed by atoms with Crippen LogP contribution < -0.4 is 20.1 Å². The molecule has 0 radical (unpaired) electrons. The number of benzene rings is 2. The Morgan fingerprint density at radius 1 is 1.15 bits per heavy atom. The minimum absolute atomic E-state index is 0.0773. The Hall–Kier alpha value is -4.16. The molecule has 3 amide bonds. The summed E-state index contributed by atoms with van der Waals surface area (Å²) < 4.78 is 10.8. The quantitative estimate of drug-likeness (QED) is 0.413. The summed E-state index contributed by atoms with van der Waals surface area (Å²) in [4.78, 5) is 51.4. The number of carbonyl (C=O) groups excluding carboxylic acids is 3. The third kappa shape index (κ3) is 5.19. The lowest BCUT2D eigenvalue weighted by Crippen LogP contribution is -2.43. The zero-order valence-corrected chi connectivity index (χ0v) is 23.1. The monoisotopic (exact) mass is 575 g/mol. The Morgan fingerprint density at radius 3 is 2.83 bits per heavy atom. The molecular formula is C28H25N5O5S2. The van der Waals surface area contributed by atoms with Gasteiger partial charge in [0.15, 0.2) is 16.7 Å². The number of hydrogen-bond donors (Lipinski definition) is 2. The Morgan fingerprint density at radius 2 is 2.00 bits per heavy atom. The highest BCUT2D eigenvalue weighted by Gasteiger charge is 2.43. The van der Waals surface area contributed by atoms with Gasteiger partial charge in [-0.25, -0.2) is 9.89 Å². The first-order chi connectivity index (χ1) is 19.5. The molecular weight excluding hydrogens is 550 g/mol. The molecule has 0 bridgehead atoms. The molecule has 2 atom stereocenters. The van der Waals surface area contributed by atoms with E-state index in [1.165, 1.54) is 16.7 Å². The van der Waals surface area contributed by atoms with E-state index in [9.17, 15) is 14.4 Å². The van der Waals surface area contributed by atoms with Gasteiger partial charge in [-0.05, 0) is 42.1 Å². The van der Waals surface area contributed by atoms with Crippen molar-refractivity contribution in [3.63, 3.8) is 0 Å². The molecule has 3 aliphatic heterocycles. The van der Waals surface area contributed by atoms with Crippen molar-refractivity contribution in [1.29, 1.82) is 0 Å². The van der Waals surface area contributed by atoms with Crippen LogP contribution in [0.4, 0.5) is 11.4 Å². The molecule has 3 aromatic rings. The average molecular weight is 576 g/mol. The van der Waals surface area contributed by atoms with Crippen LogP contribution in [0.5, 0.6) is 11.5 Å². The standard InChI is InChI=1S/C28H25N5O5S2/c1-2-23(26(35)30-16-9-10-21-22(12-16)38-15-37-21)40-28-32-19-8-4-3-7-18(19)25-31-20(27(36)33(25)28)13-24(34)29-14-17-6-5-11-39-17/h3-12,20,23H,2,13-15H2,1H3,(H,29,34)(H,30,35). The van der Waals surface area contributed by atoms with Crippen molar-refractivity contribution in [2.75, 3.05) is 12.1 Å². The number of thioether (sulfide) groups is 1. The molecule has 0 spiro atoms. The van der Waals surface area contributed by atoms with Gasteiger partial charge in [0.1, 0.15) is 11.9 Å². The molecule has 2 unspecified atom stereocenters. The maximum absolute atomic E-state index is 13.6. The fourth-order valence-electron chi connectivity index (χ4n) is 4.51. The summed E-state index contributed by atoms with van der Waals surface area (Å²) in [5.74, 6) is 0.810. The fourth-order valence-corrected chi connectivity index (χ4v) is 6.17. The Labute approximate surface area is 238 Å². The molecule has 6 rings (SSSR count). The van der Waals surface area contributed by atoms with Gasteiger partial charge in [0.2, 0.25) is 18.6 Å². The van der Waals surface area contributed by atoms with Crippen LogP contribution in [-0.2, 0) is 20.9 Å². The predicted octanol–water partition coefficient (Wildman–Crippen LogP) is 4.29. The van der Waals surface area contributed by atoms with E-state index >= 15 is 0 Å². The molecule has 12 heteroatoms. The van der Waals surface area contributed by atoms with Crippen LogP contribution in [0.1, 0.15) is 30.2 Å². The second kappa shape index (κ2) is 11.1. The molecule has 0 saturated carbocycles. The highest BCUT2D eigenvalue weighted by molar-refractivity contribution is 8.15. The average Bonchev–Trinajstić information content (AvgIpc) is 3.71. The number of nitrogens with zero attached hydrogens (tertiary/aromatic N) is 3. The number of fused-ring (bicyclic) bond motifs is 4. The van der Waals surface area contributed by atoms with Crippen molar-refractivity contribution < 1.29 is 23.9 Å². The van der Waals surface area contributed by atoms with E-state index in [2.05, 4.69) is 15.6 Å². The van der Waals surface area contributed by atoms with E-state index in [4.69, 9.17) is 14.5 Å². The lowest BCUT2D eigenvalue weighted by atomic mass is 10.1. The van der Waals surface area contributed by atoms with Crippen LogP contribution in [0.2, 0.25) is 0 Å². The summed E-state index contributed by atoms with van der Waals surface area (Å²) in [5, 5.41) is 7.55. The van der Waals surface area contributed by atoms with Gasteiger partial charge in [0.25, 0.3) is 5.91 Å². The minimum atomic E-state index is -0.877. The van der Waals surface area contributed by atoms with Gasteiger partial charge in [0.05, 0.1) is 23.9 Å². The summed E-state index contributed by atoms with van der Waals surface area (Å²) in [5.41, 5.74) is 1.94. The topological polar surface area (TPSA) is 122 Å². The number of amidine groups is 2. The number of rotatable bonds is 8. The number of thiophene rings is 1. The molecule has 10 nitrogen and oxygen atoms in total. The number of para-hydroxylation sites is 1. The summed E-state index contributed by atoms with van der Waals surface area (Å²) >= 11 is 2.75. The molecule has 2 N–H and O–H groups in total. The number of nitrogens with one attached hydrogen (secondary N) is 2. The van der Waals surface area contributed by atoms with Crippen molar-refractivity contribution >= 4 is 63.2 Å². The van der Waals surface area contributed by atoms with Crippen LogP contribution in [-0.4, -0.2) is 51.7 Å². The Balaban J connectivity index is 1.19. The molecule has 3 aliphatic rings. The van der Waals surface area contributed by atoms with Crippen molar-refractivity contribution in [3.05, 3.63) is 70.4 Å². The smallest absolute Gasteiger partial charge is 0.259 e. The lowest BCUT2D eigenvalue weighted by Gasteiger charge is -2.27. The van der Waals surface area contributed by atoms with Crippen LogP contribution in [0.25, 0.3) is 0 Å². The third-order valence-corrected chi connectivity index (χ3v) is 8.71. The SMILES string of the molecule is CCC(SC1=Nc2ccccc2C2=NC(CC(=O)NCc3cccs3)C(=O)N12)C(=O)Nc1ccc2c(c1)OCO2.